The van der Waals surface area contributed by atoms with E-state index in [1.165, 1.54) is 0 Å². The van der Waals surface area contributed by atoms with Gasteiger partial charge >= 0.3 is 0 Å². The summed E-state index contributed by atoms with van der Waals surface area (Å²) in [5.74, 6) is 0.311. The van der Waals surface area contributed by atoms with Crippen molar-refractivity contribution >= 4 is 11.6 Å². The van der Waals surface area contributed by atoms with Gasteiger partial charge in [0.1, 0.15) is 12.4 Å². The van der Waals surface area contributed by atoms with Crippen molar-refractivity contribution in [1.82, 2.24) is 9.78 Å². The predicted octanol–water partition coefficient (Wildman–Crippen LogP) is 5.19. The lowest BCUT2D eigenvalue weighted by molar-refractivity contribution is 0.102. The molecule has 32 heavy (non-hydrogen) atoms. The van der Waals surface area contributed by atoms with E-state index in [0.29, 0.717) is 22.6 Å². The third kappa shape index (κ3) is 4.37. The Morgan fingerprint density at radius 3 is 2.56 bits per heavy atom. The summed E-state index contributed by atoms with van der Waals surface area (Å²) in [4.78, 5) is 12.9. The van der Waals surface area contributed by atoms with Gasteiger partial charge in [-0.15, -0.1) is 0 Å². The first-order valence-corrected chi connectivity index (χ1v) is 10.2. The Kier molecular flexibility index (Phi) is 6.00. The molecule has 0 saturated heterocycles. The molecule has 4 rings (SSSR count). The van der Waals surface area contributed by atoms with Crippen LogP contribution in [0.25, 0.3) is 5.69 Å². The number of benzene rings is 3. The minimum absolute atomic E-state index is 0.244. The molecular formula is C26H22N4O2. The first-order valence-electron chi connectivity index (χ1n) is 10.2. The van der Waals surface area contributed by atoms with E-state index in [4.69, 9.17) is 4.74 Å². The number of carbonyl (C=O) groups excluding carboxylic acids is 1. The van der Waals surface area contributed by atoms with E-state index < -0.39 is 0 Å². The Labute approximate surface area is 186 Å². The zero-order chi connectivity index (χ0) is 22.5. The Bertz CT molecular complexity index is 1300. The number of aromatic nitrogens is 2. The molecular weight excluding hydrogens is 400 g/mol. The number of hydrogen-bond acceptors (Lipinski definition) is 4. The molecule has 1 aromatic heterocycles. The number of aryl methyl sites for hydroxylation is 1. The second kappa shape index (κ2) is 9.19. The standard InChI is InChI=1S/C26H22N4O2/c1-18-25(19(2)30(29-18)23-12-4-3-5-13-23)28-26(31)20-11-8-14-24(15-20)32-17-22-10-7-6-9-21(22)16-27/h3-15H,17H2,1-2H3,(H,28,31). The summed E-state index contributed by atoms with van der Waals surface area (Å²) in [7, 11) is 0. The maximum Gasteiger partial charge on any atom is 0.255 e. The quantitative estimate of drug-likeness (QED) is 0.464. The van der Waals surface area contributed by atoms with Gasteiger partial charge in [0, 0.05) is 11.1 Å². The summed E-state index contributed by atoms with van der Waals surface area (Å²) in [6, 6.07) is 26.2. The van der Waals surface area contributed by atoms with E-state index in [0.717, 1.165) is 22.6 Å². The molecule has 1 heterocycles. The Morgan fingerprint density at radius 1 is 1.03 bits per heavy atom. The van der Waals surface area contributed by atoms with Crippen LogP contribution in [0.15, 0.2) is 78.9 Å². The van der Waals surface area contributed by atoms with Gasteiger partial charge in [0.25, 0.3) is 5.91 Å². The van der Waals surface area contributed by atoms with Crippen molar-refractivity contribution in [3.8, 4) is 17.5 Å². The van der Waals surface area contributed by atoms with Crippen molar-refractivity contribution in [2.75, 3.05) is 5.32 Å². The van der Waals surface area contributed by atoms with Crippen LogP contribution in [0, 0.1) is 25.2 Å². The smallest absolute Gasteiger partial charge is 0.255 e. The van der Waals surface area contributed by atoms with Crippen LogP contribution in [0.4, 0.5) is 5.69 Å². The monoisotopic (exact) mass is 422 g/mol. The molecule has 0 saturated carbocycles. The van der Waals surface area contributed by atoms with Crippen LogP contribution < -0.4 is 10.1 Å². The number of ether oxygens (including phenoxy) is 1. The molecule has 0 aliphatic carbocycles. The van der Waals surface area contributed by atoms with E-state index in [2.05, 4.69) is 16.5 Å². The summed E-state index contributed by atoms with van der Waals surface area (Å²) in [5.41, 5.74) is 5.05. The second-order valence-corrected chi connectivity index (χ2v) is 7.33. The number of nitriles is 1. The van der Waals surface area contributed by atoms with E-state index >= 15 is 0 Å². The van der Waals surface area contributed by atoms with E-state index in [1.807, 2.05) is 67.1 Å². The summed E-state index contributed by atoms with van der Waals surface area (Å²) in [6.07, 6.45) is 0. The molecule has 3 aromatic carbocycles. The minimum Gasteiger partial charge on any atom is -0.489 e. The van der Waals surface area contributed by atoms with Gasteiger partial charge in [-0.2, -0.15) is 10.4 Å². The van der Waals surface area contributed by atoms with E-state index in [1.54, 1.807) is 30.3 Å². The van der Waals surface area contributed by atoms with Gasteiger partial charge in [-0.05, 0) is 50.2 Å². The van der Waals surface area contributed by atoms with Crippen LogP contribution >= 0.6 is 0 Å². The van der Waals surface area contributed by atoms with Gasteiger partial charge in [-0.3, -0.25) is 4.79 Å². The molecule has 0 radical (unpaired) electrons. The van der Waals surface area contributed by atoms with Crippen LogP contribution in [0.2, 0.25) is 0 Å². The summed E-state index contributed by atoms with van der Waals surface area (Å²) in [5, 5.41) is 16.8. The molecule has 0 spiro atoms. The van der Waals surface area contributed by atoms with E-state index in [-0.39, 0.29) is 12.5 Å². The number of amides is 1. The summed E-state index contributed by atoms with van der Waals surface area (Å²) in [6.45, 7) is 4.04. The van der Waals surface area contributed by atoms with Crippen molar-refractivity contribution in [2.24, 2.45) is 0 Å². The fourth-order valence-electron chi connectivity index (χ4n) is 3.47. The highest BCUT2D eigenvalue weighted by molar-refractivity contribution is 6.05. The van der Waals surface area contributed by atoms with Gasteiger partial charge < -0.3 is 10.1 Å². The number of rotatable bonds is 6. The highest BCUT2D eigenvalue weighted by Gasteiger charge is 2.16. The Balaban J connectivity index is 1.50. The van der Waals surface area contributed by atoms with Crippen LogP contribution in [0.5, 0.6) is 5.75 Å². The van der Waals surface area contributed by atoms with Crippen molar-refractivity contribution in [1.29, 1.82) is 5.26 Å². The molecule has 0 bridgehead atoms. The molecule has 0 aliphatic rings. The van der Waals surface area contributed by atoms with Crippen LogP contribution in [-0.4, -0.2) is 15.7 Å². The highest BCUT2D eigenvalue weighted by atomic mass is 16.5. The lowest BCUT2D eigenvalue weighted by atomic mass is 10.1. The number of carbonyl (C=O) groups is 1. The topological polar surface area (TPSA) is 79.9 Å². The zero-order valence-corrected chi connectivity index (χ0v) is 17.9. The molecule has 0 fully saturated rings. The molecule has 0 unspecified atom stereocenters. The molecule has 6 heteroatoms. The minimum atomic E-state index is -0.244. The normalized spacial score (nSPS) is 10.4. The number of anilines is 1. The van der Waals surface area contributed by atoms with Crippen LogP contribution in [0.3, 0.4) is 0 Å². The van der Waals surface area contributed by atoms with Crippen molar-refractivity contribution < 1.29 is 9.53 Å². The summed E-state index contributed by atoms with van der Waals surface area (Å²) < 4.78 is 7.65. The van der Waals surface area contributed by atoms with E-state index in [9.17, 15) is 10.1 Å². The number of nitrogens with zero attached hydrogens (tertiary/aromatic N) is 3. The molecule has 0 aliphatic heterocycles. The average molecular weight is 422 g/mol. The van der Waals surface area contributed by atoms with Gasteiger partial charge in [-0.1, -0.05) is 42.5 Å². The molecule has 1 amide bonds. The van der Waals surface area contributed by atoms with Gasteiger partial charge in [0.05, 0.1) is 34.4 Å². The van der Waals surface area contributed by atoms with Gasteiger partial charge in [0.15, 0.2) is 0 Å². The van der Waals surface area contributed by atoms with Crippen LogP contribution in [-0.2, 0) is 6.61 Å². The second-order valence-electron chi connectivity index (χ2n) is 7.33. The first-order chi connectivity index (χ1) is 15.6. The summed E-state index contributed by atoms with van der Waals surface area (Å²) >= 11 is 0. The number of para-hydroxylation sites is 1. The SMILES string of the molecule is Cc1nn(-c2ccccc2)c(C)c1NC(=O)c1cccc(OCc2ccccc2C#N)c1. The lowest BCUT2D eigenvalue weighted by Crippen LogP contribution is -2.13. The van der Waals surface area contributed by atoms with Crippen molar-refractivity contribution in [3.63, 3.8) is 0 Å². The third-order valence-corrected chi connectivity index (χ3v) is 5.16. The van der Waals surface area contributed by atoms with Crippen LogP contribution in [0.1, 0.15) is 32.9 Å². The first kappa shape index (κ1) is 20.9. The maximum atomic E-state index is 12.9. The Morgan fingerprint density at radius 2 is 1.78 bits per heavy atom. The van der Waals surface area contributed by atoms with Crippen molar-refractivity contribution in [3.05, 3.63) is 107 Å². The molecule has 158 valence electrons. The fraction of sp³-hybridized carbons (Fsp3) is 0.115. The van der Waals surface area contributed by atoms with Crippen molar-refractivity contribution in [2.45, 2.75) is 20.5 Å². The molecule has 0 atom stereocenters. The van der Waals surface area contributed by atoms with Gasteiger partial charge in [-0.25, -0.2) is 4.68 Å². The molecule has 4 aromatic rings. The lowest BCUT2D eigenvalue weighted by Gasteiger charge is -2.10. The fourth-order valence-corrected chi connectivity index (χ4v) is 3.47. The van der Waals surface area contributed by atoms with Gasteiger partial charge in [0.2, 0.25) is 0 Å². The maximum absolute atomic E-state index is 12.9. The number of hydrogen-bond donors (Lipinski definition) is 1. The molecule has 6 nitrogen and oxygen atoms in total. The molecule has 1 N–H and O–H groups in total. The largest absolute Gasteiger partial charge is 0.489 e. The predicted molar refractivity (Wildman–Crippen MR) is 123 cm³/mol. The zero-order valence-electron chi connectivity index (χ0n) is 17.9. The average Bonchev–Trinajstić information content (AvgIpc) is 3.12. The number of nitrogens with one attached hydrogen (secondary N) is 1. The highest BCUT2D eigenvalue weighted by Crippen LogP contribution is 2.24. The third-order valence-electron chi connectivity index (χ3n) is 5.16. The Hall–Kier alpha value is -4.37.